The number of aromatic nitrogens is 2. The molecule has 7 rings (SSSR count). The number of likely N-dealkylation sites (tertiary alicyclic amines) is 1. The number of ether oxygens (including phenoxy) is 2. The van der Waals surface area contributed by atoms with E-state index in [1.165, 1.54) is 23.1 Å². The van der Waals surface area contributed by atoms with Crippen LogP contribution >= 0.6 is 0 Å². The Morgan fingerprint density at radius 2 is 1.74 bits per heavy atom. The summed E-state index contributed by atoms with van der Waals surface area (Å²) in [4.78, 5) is 50.6. The van der Waals surface area contributed by atoms with E-state index in [1.807, 2.05) is 26.0 Å². The maximum Gasteiger partial charge on any atom is 0.295 e. The van der Waals surface area contributed by atoms with Crippen molar-refractivity contribution in [2.75, 3.05) is 45.8 Å². The molecule has 0 radical (unpaired) electrons. The molecular formula is C46H55F3N6O6. The monoisotopic (exact) mass is 844 g/mol. The Kier molecular flexibility index (Phi) is 13.5. The summed E-state index contributed by atoms with van der Waals surface area (Å²) in [5.41, 5.74) is 3.69. The molecule has 4 heterocycles. The molecular weight excluding hydrogens is 790 g/mol. The number of nitrogens with zero attached hydrogens (tertiary/aromatic N) is 4. The average Bonchev–Trinajstić information content (AvgIpc) is 3.56. The summed E-state index contributed by atoms with van der Waals surface area (Å²) in [5, 5.41) is 15.7. The lowest BCUT2D eigenvalue weighted by Crippen LogP contribution is -2.52. The first-order valence-corrected chi connectivity index (χ1v) is 21.3. The molecule has 3 aliphatic heterocycles. The predicted octanol–water partition coefficient (Wildman–Crippen LogP) is 7.49. The highest BCUT2D eigenvalue weighted by atomic mass is 19.3. The second-order valence-electron chi connectivity index (χ2n) is 16.5. The van der Waals surface area contributed by atoms with Gasteiger partial charge in [-0.05, 0) is 113 Å². The molecule has 2 atom stereocenters. The van der Waals surface area contributed by atoms with Crippen molar-refractivity contribution in [3.05, 3.63) is 87.5 Å². The fraction of sp³-hybridized carbons (Fsp3) is 0.500. The van der Waals surface area contributed by atoms with Crippen LogP contribution in [0.3, 0.4) is 0 Å². The molecule has 0 spiro atoms. The molecule has 3 N–H and O–H groups in total. The summed E-state index contributed by atoms with van der Waals surface area (Å²) in [5.74, 6) is -2.58. The lowest BCUT2D eigenvalue weighted by molar-refractivity contribution is -0.136. The van der Waals surface area contributed by atoms with Crippen molar-refractivity contribution in [1.29, 1.82) is 0 Å². The molecule has 12 nitrogen and oxygen atoms in total. The highest BCUT2D eigenvalue weighted by molar-refractivity contribution is 6.05. The van der Waals surface area contributed by atoms with Crippen molar-refractivity contribution < 1.29 is 42.1 Å². The van der Waals surface area contributed by atoms with E-state index in [4.69, 9.17) is 19.4 Å². The van der Waals surface area contributed by atoms with E-state index in [9.17, 15) is 28.3 Å². The van der Waals surface area contributed by atoms with Gasteiger partial charge in [-0.2, -0.15) is 8.78 Å². The standard InChI is InChI=1S/C46H55F3N6O6/c1-27(30-11-10-12-32(21-30)46(48,49)26-56)50-43-36-24-39(60-3)42(61-4)33(41(36)51-28(2)52-43)13-8-6-5-7-9-18-54-19-16-29(17-20-54)34-22-31-25-55(45(59)35(31)23-37(34)47)38-14-15-40(57)53-44(38)58/h10-12,21-24,27,29,38,56H,5-9,13-20,25-26H2,1-4H3,(H,50,51,52)(H,53,57,58)/t27-,38?/m1/s1. The van der Waals surface area contributed by atoms with Gasteiger partial charge in [-0.3, -0.25) is 19.7 Å². The summed E-state index contributed by atoms with van der Waals surface area (Å²) in [6.45, 7) is 5.36. The molecule has 326 valence electrons. The first kappa shape index (κ1) is 43.8. The quantitative estimate of drug-likeness (QED) is 0.0723. The summed E-state index contributed by atoms with van der Waals surface area (Å²) in [6.07, 6.45) is 7.90. The van der Waals surface area contributed by atoms with Crippen LogP contribution in [0.15, 0.2) is 42.5 Å². The Hall–Kier alpha value is -5.28. The smallest absolute Gasteiger partial charge is 0.295 e. The molecule has 61 heavy (non-hydrogen) atoms. The number of hydrogen-bond acceptors (Lipinski definition) is 10. The second-order valence-corrected chi connectivity index (χ2v) is 16.5. The Labute approximate surface area is 354 Å². The molecule has 3 aliphatic rings. The van der Waals surface area contributed by atoms with Crippen LogP contribution in [-0.2, 0) is 28.5 Å². The summed E-state index contributed by atoms with van der Waals surface area (Å²) in [7, 11) is 3.20. The molecule has 15 heteroatoms. The zero-order valence-electron chi connectivity index (χ0n) is 35.3. The number of piperidine rings is 2. The van der Waals surface area contributed by atoms with Gasteiger partial charge in [0.05, 0.1) is 19.7 Å². The van der Waals surface area contributed by atoms with Crippen LogP contribution < -0.4 is 20.1 Å². The number of halogens is 3. The number of nitrogens with one attached hydrogen (secondary N) is 2. The van der Waals surface area contributed by atoms with Gasteiger partial charge in [-0.15, -0.1) is 0 Å². The maximum absolute atomic E-state index is 15.4. The molecule has 3 aromatic carbocycles. The molecule has 1 aromatic heterocycles. The molecule has 1 unspecified atom stereocenters. The zero-order chi connectivity index (χ0) is 43.4. The van der Waals surface area contributed by atoms with E-state index in [1.54, 1.807) is 26.4 Å². The van der Waals surface area contributed by atoms with Gasteiger partial charge in [0.1, 0.15) is 30.1 Å². The van der Waals surface area contributed by atoms with Gasteiger partial charge in [-0.1, -0.05) is 43.5 Å². The number of alkyl halides is 2. The number of aliphatic hydroxyl groups excluding tert-OH is 1. The van der Waals surface area contributed by atoms with Crippen LogP contribution in [0.1, 0.15) is 121 Å². The molecule has 0 bridgehead atoms. The van der Waals surface area contributed by atoms with E-state index in [2.05, 4.69) is 15.5 Å². The lowest BCUT2D eigenvalue weighted by atomic mass is 9.87. The SMILES string of the molecule is COc1cc2c(N[C@H](C)c3cccc(C(F)(F)CO)c3)nc(C)nc2c(CCCCCCCN2CCC(c3cc4c(cc3F)C(=O)N(C3CCC(=O)NC3=O)C4)CC2)c1OC. The number of methoxy groups -OCH3 is 2. The number of aryl methyl sites for hydroxylation is 2. The number of fused-ring (bicyclic) bond motifs is 2. The van der Waals surface area contributed by atoms with E-state index in [0.717, 1.165) is 86.6 Å². The molecule has 2 saturated heterocycles. The van der Waals surface area contributed by atoms with E-state index in [0.29, 0.717) is 46.3 Å². The molecule has 0 saturated carbocycles. The fourth-order valence-corrected chi connectivity index (χ4v) is 9.09. The number of aliphatic hydroxyl groups is 1. The summed E-state index contributed by atoms with van der Waals surface area (Å²) < 4.78 is 55.7. The van der Waals surface area contributed by atoms with Gasteiger partial charge in [0.2, 0.25) is 11.8 Å². The molecule has 4 aromatic rings. The maximum atomic E-state index is 15.4. The number of benzene rings is 3. The van der Waals surface area contributed by atoms with E-state index in [-0.39, 0.29) is 48.5 Å². The second kappa shape index (κ2) is 18.8. The van der Waals surface area contributed by atoms with Gasteiger partial charge in [-0.25, -0.2) is 14.4 Å². The van der Waals surface area contributed by atoms with E-state index >= 15 is 4.39 Å². The van der Waals surface area contributed by atoms with Gasteiger partial charge in [0.15, 0.2) is 11.5 Å². The van der Waals surface area contributed by atoms with Crippen LogP contribution in [0.4, 0.5) is 19.0 Å². The number of unbranched alkanes of at least 4 members (excludes halogenated alkanes) is 4. The third-order valence-electron chi connectivity index (χ3n) is 12.5. The summed E-state index contributed by atoms with van der Waals surface area (Å²) >= 11 is 0. The van der Waals surface area contributed by atoms with E-state index < -0.39 is 30.5 Å². The Morgan fingerprint density at radius 1 is 0.984 bits per heavy atom. The number of carbonyl (C=O) groups is 3. The first-order valence-electron chi connectivity index (χ1n) is 21.3. The highest BCUT2D eigenvalue weighted by Crippen LogP contribution is 2.41. The lowest BCUT2D eigenvalue weighted by Gasteiger charge is -2.32. The van der Waals surface area contributed by atoms with Gasteiger partial charge in [0, 0.05) is 41.1 Å². The zero-order valence-corrected chi connectivity index (χ0v) is 35.3. The summed E-state index contributed by atoms with van der Waals surface area (Å²) in [6, 6.07) is 9.89. The highest BCUT2D eigenvalue weighted by Gasteiger charge is 2.40. The Balaban J connectivity index is 0.904. The van der Waals surface area contributed by atoms with Crippen molar-refractivity contribution in [1.82, 2.24) is 25.1 Å². The number of carbonyl (C=O) groups excluding carboxylic acids is 3. The molecule has 0 aliphatic carbocycles. The average molecular weight is 845 g/mol. The minimum Gasteiger partial charge on any atom is -0.493 e. The third kappa shape index (κ3) is 9.47. The van der Waals surface area contributed by atoms with Crippen LogP contribution in [0.5, 0.6) is 11.5 Å². The first-order chi connectivity index (χ1) is 29.3. The number of anilines is 1. The Bertz CT molecular complexity index is 2280. The molecule has 2 fully saturated rings. The minimum atomic E-state index is -3.35. The van der Waals surface area contributed by atoms with Gasteiger partial charge < -0.3 is 29.7 Å². The molecule has 3 amide bonds. The normalized spacial score (nSPS) is 18.1. The number of imide groups is 1. The largest absolute Gasteiger partial charge is 0.493 e. The Morgan fingerprint density at radius 3 is 2.46 bits per heavy atom. The van der Waals surface area contributed by atoms with Crippen LogP contribution in [-0.4, -0.2) is 89.1 Å². The van der Waals surface area contributed by atoms with Crippen LogP contribution in [0, 0.1) is 12.7 Å². The number of hydrogen-bond donors (Lipinski definition) is 3. The van der Waals surface area contributed by atoms with Crippen LogP contribution in [0.2, 0.25) is 0 Å². The number of rotatable bonds is 17. The topological polar surface area (TPSA) is 146 Å². The van der Waals surface area contributed by atoms with Gasteiger partial charge >= 0.3 is 0 Å². The van der Waals surface area contributed by atoms with Crippen molar-refractivity contribution in [3.63, 3.8) is 0 Å². The van der Waals surface area contributed by atoms with Gasteiger partial charge in [0.25, 0.3) is 11.8 Å². The van der Waals surface area contributed by atoms with Crippen molar-refractivity contribution >= 4 is 34.4 Å². The van der Waals surface area contributed by atoms with Crippen molar-refractivity contribution in [2.24, 2.45) is 0 Å². The van der Waals surface area contributed by atoms with Crippen molar-refractivity contribution in [3.8, 4) is 11.5 Å². The minimum absolute atomic E-state index is 0.0561. The van der Waals surface area contributed by atoms with Crippen LogP contribution in [0.25, 0.3) is 10.9 Å². The van der Waals surface area contributed by atoms with Crippen molar-refractivity contribution in [2.45, 2.75) is 109 Å². The third-order valence-corrected chi connectivity index (χ3v) is 12.5. The number of amides is 3. The fourth-order valence-electron chi connectivity index (χ4n) is 9.09. The predicted molar refractivity (Wildman–Crippen MR) is 224 cm³/mol.